The standard InChI is InChI=1S/C7H15NS/c1-6-4-7(5-8)2-3-9-6/h6-7H,2-5,8H2,1H3. The first kappa shape index (κ1) is 7.42. The topological polar surface area (TPSA) is 26.0 Å². The van der Waals surface area contributed by atoms with Crippen LogP contribution in [0.5, 0.6) is 0 Å². The average molecular weight is 145 g/mol. The summed E-state index contributed by atoms with van der Waals surface area (Å²) in [5.41, 5.74) is 5.56. The minimum Gasteiger partial charge on any atom is -0.330 e. The third kappa shape index (κ3) is 2.18. The van der Waals surface area contributed by atoms with Crippen molar-refractivity contribution in [2.75, 3.05) is 12.3 Å². The van der Waals surface area contributed by atoms with Crippen molar-refractivity contribution in [3.8, 4) is 0 Å². The maximum atomic E-state index is 5.56. The molecule has 0 aromatic carbocycles. The van der Waals surface area contributed by atoms with Crippen molar-refractivity contribution in [1.82, 2.24) is 0 Å². The third-order valence-electron chi connectivity index (χ3n) is 1.93. The highest BCUT2D eigenvalue weighted by Gasteiger charge is 2.16. The molecule has 1 aliphatic rings. The quantitative estimate of drug-likeness (QED) is 0.605. The maximum Gasteiger partial charge on any atom is 0.00218 e. The molecule has 0 saturated carbocycles. The molecule has 1 aliphatic heterocycles. The molecule has 54 valence electrons. The first-order valence-corrected chi connectivity index (χ1v) is 4.69. The van der Waals surface area contributed by atoms with E-state index < -0.39 is 0 Å². The summed E-state index contributed by atoms with van der Waals surface area (Å²) in [6.07, 6.45) is 2.67. The van der Waals surface area contributed by atoms with Crippen LogP contribution in [0, 0.1) is 5.92 Å². The van der Waals surface area contributed by atoms with Crippen LogP contribution in [0.4, 0.5) is 0 Å². The monoisotopic (exact) mass is 145 g/mol. The second-order valence-corrected chi connectivity index (χ2v) is 4.35. The Morgan fingerprint density at radius 3 is 2.89 bits per heavy atom. The fourth-order valence-electron chi connectivity index (χ4n) is 1.31. The minimum atomic E-state index is 0.821. The Kier molecular flexibility index (Phi) is 2.86. The van der Waals surface area contributed by atoms with E-state index in [2.05, 4.69) is 18.7 Å². The lowest BCUT2D eigenvalue weighted by Crippen LogP contribution is -2.22. The lowest BCUT2D eigenvalue weighted by Gasteiger charge is -2.24. The van der Waals surface area contributed by atoms with Crippen LogP contribution >= 0.6 is 11.8 Å². The van der Waals surface area contributed by atoms with Crippen molar-refractivity contribution in [1.29, 1.82) is 0 Å². The summed E-state index contributed by atoms with van der Waals surface area (Å²) < 4.78 is 0. The molecule has 0 aromatic heterocycles. The first-order valence-electron chi connectivity index (χ1n) is 3.64. The van der Waals surface area contributed by atoms with E-state index in [1.807, 2.05) is 0 Å². The minimum absolute atomic E-state index is 0.821. The van der Waals surface area contributed by atoms with E-state index in [9.17, 15) is 0 Å². The normalized spacial score (nSPS) is 36.7. The SMILES string of the molecule is CC1CC(CN)CCS1. The van der Waals surface area contributed by atoms with E-state index in [4.69, 9.17) is 5.73 Å². The molecule has 2 atom stereocenters. The Morgan fingerprint density at radius 2 is 2.44 bits per heavy atom. The van der Waals surface area contributed by atoms with Gasteiger partial charge in [0.05, 0.1) is 0 Å². The molecule has 1 saturated heterocycles. The van der Waals surface area contributed by atoms with Gasteiger partial charge in [-0.2, -0.15) is 11.8 Å². The summed E-state index contributed by atoms with van der Waals surface area (Å²) in [5, 5.41) is 0.854. The van der Waals surface area contributed by atoms with Crippen LogP contribution in [-0.2, 0) is 0 Å². The second kappa shape index (κ2) is 3.47. The van der Waals surface area contributed by atoms with Gasteiger partial charge in [0.25, 0.3) is 0 Å². The van der Waals surface area contributed by atoms with Crippen LogP contribution < -0.4 is 5.73 Å². The molecule has 2 unspecified atom stereocenters. The molecule has 0 aromatic rings. The van der Waals surface area contributed by atoms with Gasteiger partial charge in [0, 0.05) is 5.25 Å². The summed E-state index contributed by atoms with van der Waals surface area (Å²) in [5.74, 6) is 2.14. The lowest BCUT2D eigenvalue weighted by molar-refractivity contribution is 0.471. The molecule has 0 aliphatic carbocycles. The van der Waals surface area contributed by atoms with Gasteiger partial charge in [-0.15, -0.1) is 0 Å². The lowest BCUT2D eigenvalue weighted by atomic mass is 10.0. The first-order chi connectivity index (χ1) is 4.33. The molecule has 1 heterocycles. The van der Waals surface area contributed by atoms with Crippen LogP contribution in [0.15, 0.2) is 0 Å². The van der Waals surface area contributed by atoms with Crippen LogP contribution in [0.25, 0.3) is 0 Å². The van der Waals surface area contributed by atoms with E-state index >= 15 is 0 Å². The molecule has 0 bridgehead atoms. The molecule has 9 heavy (non-hydrogen) atoms. The van der Waals surface area contributed by atoms with Gasteiger partial charge < -0.3 is 5.73 Å². The summed E-state index contributed by atoms with van der Waals surface area (Å²) in [6.45, 7) is 3.19. The predicted molar refractivity (Wildman–Crippen MR) is 43.7 cm³/mol. The zero-order chi connectivity index (χ0) is 6.69. The number of nitrogens with two attached hydrogens (primary N) is 1. The van der Waals surface area contributed by atoms with Gasteiger partial charge in [0.2, 0.25) is 0 Å². The zero-order valence-corrected chi connectivity index (χ0v) is 6.79. The number of thioether (sulfide) groups is 1. The van der Waals surface area contributed by atoms with Crippen molar-refractivity contribution in [3.63, 3.8) is 0 Å². The Bertz CT molecular complexity index is 85.0. The Labute approximate surface area is 61.4 Å². The summed E-state index contributed by atoms with van der Waals surface area (Å²) in [4.78, 5) is 0. The number of hydrogen-bond acceptors (Lipinski definition) is 2. The van der Waals surface area contributed by atoms with Crippen LogP contribution in [0.2, 0.25) is 0 Å². The van der Waals surface area contributed by atoms with Crippen molar-refractivity contribution in [2.45, 2.75) is 25.0 Å². The van der Waals surface area contributed by atoms with Crippen LogP contribution in [0.3, 0.4) is 0 Å². The molecule has 0 spiro atoms. The van der Waals surface area contributed by atoms with E-state index in [0.717, 1.165) is 17.7 Å². The molecule has 0 amide bonds. The number of hydrogen-bond donors (Lipinski definition) is 1. The van der Waals surface area contributed by atoms with Gasteiger partial charge in [0.1, 0.15) is 0 Å². The molecular weight excluding hydrogens is 130 g/mol. The van der Waals surface area contributed by atoms with Gasteiger partial charge >= 0.3 is 0 Å². The predicted octanol–water partition coefficient (Wildman–Crippen LogP) is 1.48. The average Bonchev–Trinajstić information content (AvgIpc) is 1.88. The molecule has 1 nitrogen and oxygen atoms in total. The van der Waals surface area contributed by atoms with E-state index in [1.165, 1.54) is 18.6 Å². The van der Waals surface area contributed by atoms with E-state index in [1.54, 1.807) is 0 Å². The highest BCUT2D eigenvalue weighted by Crippen LogP contribution is 2.28. The van der Waals surface area contributed by atoms with Crippen molar-refractivity contribution < 1.29 is 0 Å². The molecule has 1 fully saturated rings. The summed E-state index contributed by atoms with van der Waals surface area (Å²) in [7, 11) is 0. The Balaban J connectivity index is 2.23. The maximum absolute atomic E-state index is 5.56. The molecule has 2 N–H and O–H groups in total. The fourth-order valence-corrected chi connectivity index (χ4v) is 2.59. The molecule has 0 radical (unpaired) electrons. The van der Waals surface area contributed by atoms with E-state index in [-0.39, 0.29) is 0 Å². The molecule has 2 heteroatoms. The summed E-state index contributed by atoms with van der Waals surface area (Å²) >= 11 is 2.08. The Morgan fingerprint density at radius 1 is 1.67 bits per heavy atom. The van der Waals surface area contributed by atoms with Gasteiger partial charge in [-0.1, -0.05) is 6.92 Å². The zero-order valence-electron chi connectivity index (χ0n) is 5.97. The van der Waals surface area contributed by atoms with Crippen molar-refractivity contribution >= 4 is 11.8 Å². The molecule has 1 rings (SSSR count). The van der Waals surface area contributed by atoms with Gasteiger partial charge in [-0.25, -0.2) is 0 Å². The van der Waals surface area contributed by atoms with Gasteiger partial charge in [0.15, 0.2) is 0 Å². The second-order valence-electron chi connectivity index (χ2n) is 2.81. The van der Waals surface area contributed by atoms with Crippen LogP contribution in [0.1, 0.15) is 19.8 Å². The van der Waals surface area contributed by atoms with Crippen molar-refractivity contribution in [3.05, 3.63) is 0 Å². The van der Waals surface area contributed by atoms with Gasteiger partial charge in [-0.3, -0.25) is 0 Å². The van der Waals surface area contributed by atoms with E-state index in [0.29, 0.717) is 0 Å². The smallest absolute Gasteiger partial charge is 0.00218 e. The van der Waals surface area contributed by atoms with Gasteiger partial charge in [-0.05, 0) is 31.1 Å². The number of rotatable bonds is 1. The summed E-state index contributed by atoms with van der Waals surface area (Å²) in [6, 6.07) is 0. The van der Waals surface area contributed by atoms with Crippen LogP contribution in [-0.4, -0.2) is 17.5 Å². The Hall–Kier alpha value is 0.310. The third-order valence-corrected chi connectivity index (χ3v) is 3.16. The van der Waals surface area contributed by atoms with Crippen molar-refractivity contribution in [2.24, 2.45) is 11.7 Å². The molecular formula is C7H15NS. The largest absolute Gasteiger partial charge is 0.330 e. The highest BCUT2D eigenvalue weighted by atomic mass is 32.2. The highest BCUT2D eigenvalue weighted by molar-refractivity contribution is 7.99. The fraction of sp³-hybridized carbons (Fsp3) is 1.00.